The van der Waals surface area contributed by atoms with Crippen molar-refractivity contribution in [3.05, 3.63) is 56.9 Å². The number of hydrogen-bond acceptors (Lipinski definition) is 6. The van der Waals surface area contributed by atoms with Gasteiger partial charge in [-0.2, -0.15) is 4.98 Å². The second-order valence-corrected chi connectivity index (χ2v) is 8.85. The summed E-state index contributed by atoms with van der Waals surface area (Å²) in [6.07, 6.45) is 3.58. The highest BCUT2D eigenvalue weighted by Crippen LogP contribution is 2.23. The Balaban J connectivity index is 1.66. The zero-order valence-electron chi connectivity index (χ0n) is 19.7. The largest absolute Gasteiger partial charge is 0.361 e. The van der Waals surface area contributed by atoms with Crippen LogP contribution in [-0.2, 0) is 20.1 Å². The van der Waals surface area contributed by atoms with Crippen LogP contribution in [0.15, 0.2) is 40.1 Å². The zero-order chi connectivity index (χ0) is 24.7. The fraction of sp³-hybridized carbons (Fsp3) is 0.360. The minimum atomic E-state index is -0.592. The Kier molecular flexibility index (Phi) is 5.78. The van der Waals surface area contributed by atoms with Gasteiger partial charge in [0.25, 0.3) is 5.56 Å². The first-order valence-electron chi connectivity index (χ1n) is 11.6. The number of aryl methyl sites for hydroxylation is 1. The average molecular weight is 474 g/mol. The molecule has 1 unspecified atom stereocenters. The van der Waals surface area contributed by atoms with Crippen LogP contribution >= 0.6 is 0 Å². The van der Waals surface area contributed by atoms with Gasteiger partial charge in [-0.3, -0.25) is 23.3 Å². The van der Waals surface area contributed by atoms with Crippen molar-refractivity contribution in [2.45, 2.75) is 38.9 Å². The topological polar surface area (TPSA) is 124 Å². The van der Waals surface area contributed by atoms with Crippen molar-refractivity contribution >= 4 is 33.8 Å². The van der Waals surface area contributed by atoms with Crippen LogP contribution in [0.3, 0.4) is 0 Å². The third-order valence-electron chi connectivity index (χ3n) is 6.56. The van der Waals surface area contributed by atoms with Crippen molar-refractivity contribution in [1.29, 1.82) is 0 Å². The number of fused-ring (bicyclic) bond motifs is 2. The molecular weight excluding hydrogens is 446 g/mol. The molecule has 0 saturated carbocycles. The van der Waals surface area contributed by atoms with Gasteiger partial charge in [-0.05, 0) is 31.9 Å². The van der Waals surface area contributed by atoms with Gasteiger partial charge in [0.15, 0.2) is 16.9 Å². The quantitative estimate of drug-likeness (QED) is 0.332. The van der Waals surface area contributed by atoms with E-state index >= 15 is 0 Å². The predicted octanol–water partition coefficient (Wildman–Crippen LogP) is 1.21. The molecule has 35 heavy (non-hydrogen) atoms. The predicted molar refractivity (Wildman–Crippen MR) is 135 cm³/mol. The molecule has 4 heterocycles. The maximum atomic E-state index is 13.7. The number of H-pyrrole nitrogens is 1. The van der Waals surface area contributed by atoms with Crippen molar-refractivity contribution in [3.8, 4) is 11.8 Å². The zero-order valence-corrected chi connectivity index (χ0v) is 19.7. The highest BCUT2D eigenvalue weighted by atomic mass is 16.2. The molecule has 10 heteroatoms. The van der Waals surface area contributed by atoms with E-state index in [0.29, 0.717) is 18.1 Å². The Morgan fingerprint density at radius 3 is 2.86 bits per heavy atom. The van der Waals surface area contributed by atoms with Crippen molar-refractivity contribution in [3.63, 3.8) is 0 Å². The van der Waals surface area contributed by atoms with E-state index in [1.165, 1.54) is 4.57 Å². The van der Waals surface area contributed by atoms with E-state index in [4.69, 9.17) is 5.73 Å². The number of Topliss-reactive ketones (excluding diaryl/α,β-unsaturated/α-hetero) is 1. The lowest BCUT2D eigenvalue weighted by Crippen LogP contribution is -2.44. The maximum Gasteiger partial charge on any atom is 0.332 e. The molecule has 180 valence electrons. The molecule has 0 spiro atoms. The van der Waals surface area contributed by atoms with Gasteiger partial charge in [-0.25, -0.2) is 4.79 Å². The second-order valence-electron chi connectivity index (χ2n) is 8.85. The molecule has 1 aliphatic rings. The smallest absolute Gasteiger partial charge is 0.332 e. The fourth-order valence-corrected chi connectivity index (χ4v) is 4.80. The number of anilines is 1. The van der Waals surface area contributed by atoms with E-state index in [1.54, 1.807) is 42.9 Å². The van der Waals surface area contributed by atoms with Crippen LogP contribution in [-0.4, -0.2) is 48.6 Å². The maximum absolute atomic E-state index is 13.7. The van der Waals surface area contributed by atoms with Crippen LogP contribution in [0.5, 0.6) is 0 Å². The van der Waals surface area contributed by atoms with Gasteiger partial charge in [0.05, 0.1) is 13.1 Å². The molecular formula is C25H27N7O3. The summed E-state index contributed by atoms with van der Waals surface area (Å²) in [6.45, 7) is 2.93. The van der Waals surface area contributed by atoms with Crippen molar-refractivity contribution in [2.24, 2.45) is 12.8 Å². The van der Waals surface area contributed by atoms with Crippen LogP contribution in [0.4, 0.5) is 5.95 Å². The van der Waals surface area contributed by atoms with Crippen molar-refractivity contribution in [2.75, 3.05) is 18.0 Å². The number of aromatic amines is 1. The van der Waals surface area contributed by atoms with Gasteiger partial charge in [0.1, 0.15) is 0 Å². The van der Waals surface area contributed by atoms with E-state index in [0.717, 1.165) is 34.9 Å². The third-order valence-corrected chi connectivity index (χ3v) is 6.56. The number of ketones is 1. The van der Waals surface area contributed by atoms with Crippen molar-refractivity contribution < 1.29 is 4.79 Å². The summed E-state index contributed by atoms with van der Waals surface area (Å²) in [5.41, 5.74) is 6.81. The summed E-state index contributed by atoms with van der Waals surface area (Å²) in [5, 5.41) is 0.746. The number of aromatic nitrogens is 5. The normalized spacial score (nSPS) is 16.0. The first-order chi connectivity index (χ1) is 16.9. The average Bonchev–Trinajstić information content (AvgIpc) is 3.49. The number of imidazole rings is 1. The number of nitrogens with one attached hydrogen (secondary N) is 1. The monoisotopic (exact) mass is 473 g/mol. The summed E-state index contributed by atoms with van der Waals surface area (Å²) in [4.78, 5) is 49.9. The summed E-state index contributed by atoms with van der Waals surface area (Å²) in [7, 11) is 1.56. The van der Waals surface area contributed by atoms with E-state index < -0.39 is 11.2 Å². The summed E-state index contributed by atoms with van der Waals surface area (Å²) in [5.74, 6) is 6.11. The molecule has 3 N–H and O–H groups in total. The van der Waals surface area contributed by atoms with E-state index in [-0.39, 0.29) is 36.1 Å². The third kappa shape index (κ3) is 3.84. The van der Waals surface area contributed by atoms with Gasteiger partial charge < -0.3 is 15.6 Å². The Labute approximate surface area is 201 Å². The molecule has 1 saturated heterocycles. The van der Waals surface area contributed by atoms with E-state index in [9.17, 15) is 14.4 Å². The Bertz CT molecular complexity index is 1630. The Morgan fingerprint density at radius 2 is 2.09 bits per heavy atom. The Hall–Kier alpha value is -4.10. The lowest BCUT2D eigenvalue weighted by Gasteiger charge is -2.31. The van der Waals surface area contributed by atoms with Gasteiger partial charge in [0, 0.05) is 48.8 Å². The summed E-state index contributed by atoms with van der Waals surface area (Å²) in [6, 6.07) is 7.14. The molecule has 1 aliphatic heterocycles. The number of carbonyl (C=O) groups excluding carboxylic acids is 1. The molecule has 1 atom stereocenters. The van der Waals surface area contributed by atoms with Crippen molar-refractivity contribution in [1.82, 2.24) is 23.7 Å². The standard InChI is InChI=1S/C25H27N7O3/c1-3-4-13-31-21-22(28-24(31)30-12-6-7-16(26)14-30)29(2)25(35)32(23(21)34)15-20(33)18-8-5-9-19-17(18)10-11-27-19/h5,8-11,16,27H,6-7,12-15,26H2,1-2H3. The highest BCUT2D eigenvalue weighted by molar-refractivity contribution is 6.07. The number of rotatable bonds is 5. The number of carbonyl (C=O) groups is 1. The van der Waals surface area contributed by atoms with Crippen LogP contribution in [0.1, 0.15) is 30.1 Å². The summed E-state index contributed by atoms with van der Waals surface area (Å²) < 4.78 is 4.04. The van der Waals surface area contributed by atoms with E-state index in [2.05, 4.69) is 21.8 Å². The molecule has 1 fully saturated rings. The number of benzene rings is 1. The first-order valence-corrected chi connectivity index (χ1v) is 11.6. The molecule has 1 aromatic carbocycles. The number of nitrogens with zero attached hydrogens (tertiary/aromatic N) is 5. The molecule has 0 bridgehead atoms. The SMILES string of the molecule is CC#CCn1c(N2CCCC(N)C2)nc2c1c(=O)n(CC(=O)c1cccc3[nH]ccc13)c(=O)n2C. The number of piperidine rings is 1. The molecule has 0 radical (unpaired) electrons. The number of nitrogens with two attached hydrogens (primary N) is 1. The van der Waals surface area contributed by atoms with Gasteiger partial charge in [-0.1, -0.05) is 18.1 Å². The minimum Gasteiger partial charge on any atom is -0.361 e. The molecule has 0 amide bonds. The van der Waals surface area contributed by atoms with Crippen LogP contribution in [0.2, 0.25) is 0 Å². The highest BCUT2D eigenvalue weighted by Gasteiger charge is 2.26. The van der Waals surface area contributed by atoms with E-state index in [1.807, 2.05) is 11.0 Å². The minimum absolute atomic E-state index is 0.00325. The second kappa shape index (κ2) is 8.92. The van der Waals surface area contributed by atoms with Gasteiger partial charge >= 0.3 is 5.69 Å². The molecule has 4 aromatic rings. The van der Waals surface area contributed by atoms with Crippen LogP contribution < -0.4 is 21.9 Å². The van der Waals surface area contributed by atoms with Gasteiger partial charge in [0.2, 0.25) is 5.95 Å². The summed E-state index contributed by atoms with van der Waals surface area (Å²) >= 11 is 0. The lowest BCUT2D eigenvalue weighted by atomic mass is 10.1. The number of hydrogen-bond donors (Lipinski definition) is 2. The molecule has 0 aliphatic carbocycles. The van der Waals surface area contributed by atoms with Gasteiger partial charge in [-0.15, -0.1) is 5.92 Å². The lowest BCUT2D eigenvalue weighted by molar-refractivity contribution is 0.0970. The molecule has 3 aromatic heterocycles. The molecule has 10 nitrogen and oxygen atoms in total. The Morgan fingerprint density at radius 1 is 1.26 bits per heavy atom. The molecule has 5 rings (SSSR count). The fourth-order valence-electron chi connectivity index (χ4n) is 4.80. The first kappa shape index (κ1) is 22.7. The van der Waals surface area contributed by atoms with Crippen LogP contribution in [0, 0.1) is 11.8 Å². The van der Waals surface area contributed by atoms with Crippen LogP contribution in [0.25, 0.3) is 22.1 Å².